The number of carbonyl (C=O) groups is 1. The van der Waals surface area contributed by atoms with Crippen LogP contribution in [0.3, 0.4) is 0 Å². The fraction of sp³-hybridized carbons (Fsp3) is 0.368. The summed E-state index contributed by atoms with van der Waals surface area (Å²) in [6.45, 7) is 2.59. The molecule has 0 unspecified atom stereocenters. The minimum atomic E-state index is -0.229. The number of hydrogen-bond donors (Lipinski definition) is 2. The number of likely N-dealkylation sites (N-methyl/N-ethyl adjacent to an activating group) is 1. The van der Waals surface area contributed by atoms with Gasteiger partial charge in [-0.05, 0) is 12.1 Å². The van der Waals surface area contributed by atoms with Gasteiger partial charge in [0.1, 0.15) is 10.8 Å². The lowest BCUT2D eigenvalue weighted by Gasteiger charge is -2.18. The fourth-order valence-electron chi connectivity index (χ4n) is 2.99. The van der Waals surface area contributed by atoms with Crippen LogP contribution in [0.5, 0.6) is 0 Å². The molecule has 1 aliphatic rings. The predicted molar refractivity (Wildman–Crippen MR) is 112 cm³/mol. The number of aromatic nitrogens is 4. The molecule has 1 amide bonds. The summed E-state index contributed by atoms with van der Waals surface area (Å²) in [6, 6.07) is 4.00. The van der Waals surface area contributed by atoms with E-state index in [0.717, 1.165) is 22.1 Å². The highest BCUT2D eigenvalue weighted by molar-refractivity contribution is 7.13. The fourth-order valence-corrected chi connectivity index (χ4v) is 3.81. The zero-order chi connectivity index (χ0) is 20.2. The van der Waals surface area contributed by atoms with Gasteiger partial charge >= 0.3 is 0 Å². The number of nitrogens with one attached hydrogen (secondary N) is 2. The molecule has 10 heteroatoms. The van der Waals surface area contributed by atoms with E-state index in [1.165, 1.54) is 0 Å². The van der Waals surface area contributed by atoms with Crippen LogP contribution in [-0.4, -0.2) is 59.0 Å². The Morgan fingerprint density at radius 2 is 2.14 bits per heavy atom. The molecule has 4 rings (SSSR count). The summed E-state index contributed by atoms with van der Waals surface area (Å²) < 4.78 is 7.27. The minimum Gasteiger partial charge on any atom is -0.378 e. The number of nitrogens with zero attached hydrogens (tertiary/aromatic N) is 5. The molecule has 0 fully saturated rings. The highest BCUT2D eigenvalue weighted by Gasteiger charge is 2.16. The molecule has 4 bridgehead atoms. The Kier molecular flexibility index (Phi) is 5.72. The maximum absolute atomic E-state index is 12.5. The van der Waals surface area contributed by atoms with Crippen molar-refractivity contribution in [1.82, 2.24) is 25.1 Å². The van der Waals surface area contributed by atoms with Crippen molar-refractivity contribution in [2.24, 2.45) is 7.05 Å². The van der Waals surface area contributed by atoms with Crippen molar-refractivity contribution in [2.45, 2.75) is 6.54 Å². The molecular weight excluding hydrogens is 390 g/mol. The van der Waals surface area contributed by atoms with Crippen molar-refractivity contribution in [3.8, 4) is 10.6 Å². The van der Waals surface area contributed by atoms with Crippen LogP contribution in [0.4, 0.5) is 11.5 Å². The number of thiazole rings is 1. The van der Waals surface area contributed by atoms with Crippen LogP contribution in [0.25, 0.3) is 10.6 Å². The largest absolute Gasteiger partial charge is 0.378 e. The zero-order valence-corrected chi connectivity index (χ0v) is 17.2. The molecule has 29 heavy (non-hydrogen) atoms. The van der Waals surface area contributed by atoms with E-state index in [-0.39, 0.29) is 5.91 Å². The molecule has 0 atom stereocenters. The smallest absolute Gasteiger partial charge is 0.274 e. The molecule has 152 valence electrons. The molecule has 0 aromatic carbocycles. The van der Waals surface area contributed by atoms with Crippen molar-refractivity contribution in [1.29, 1.82) is 0 Å². The van der Waals surface area contributed by atoms with Crippen LogP contribution in [-0.2, 0) is 18.3 Å². The SMILES string of the molecule is CN1CCOCCNC(=O)c2nn(C)cc2NCc2csc(n2)-c2ccnc1c2. The van der Waals surface area contributed by atoms with Gasteiger partial charge in [-0.25, -0.2) is 9.97 Å². The molecule has 0 saturated heterocycles. The van der Waals surface area contributed by atoms with E-state index in [2.05, 4.69) is 20.7 Å². The Balaban J connectivity index is 1.61. The van der Waals surface area contributed by atoms with Gasteiger partial charge in [-0.2, -0.15) is 5.10 Å². The van der Waals surface area contributed by atoms with E-state index in [1.54, 1.807) is 35.5 Å². The highest BCUT2D eigenvalue weighted by Crippen LogP contribution is 2.26. The normalized spacial score (nSPS) is 15.7. The number of pyridine rings is 1. The lowest BCUT2D eigenvalue weighted by molar-refractivity contribution is 0.0914. The number of aryl methyl sites for hydroxylation is 1. The van der Waals surface area contributed by atoms with Gasteiger partial charge in [-0.1, -0.05) is 0 Å². The van der Waals surface area contributed by atoms with Gasteiger partial charge in [-0.15, -0.1) is 11.3 Å². The first-order chi connectivity index (χ1) is 14.1. The predicted octanol–water partition coefficient (Wildman–Crippen LogP) is 1.75. The molecule has 0 radical (unpaired) electrons. The third kappa shape index (κ3) is 4.54. The van der Waals surface area contributed by atoms with Crippen LogP contribution >= 0.6 is 11.3 Å². The lowest BCUT2D eigenvalue weighted by Crippen LogP contribution is -2.30. The summed E-state index contributed by atoms with van der Waals surface area (Å²) in [4.78, 5) is 23.7. The Labute approximate surface area is 172 Å². The van der Waals surface area contributed by atoms with Gasteiger partial charge in [0.25, 0.3) is 5.91 Å². The van der Waals surface area contributed by atoms with Crippen molar-refractivity contribution in [3.05, 3.63) is 41.3 Å². The maximum atomic E-state index is 12.5. The Hall–Kier alpha value is -2.98. The Morgan fingerprint density at radius 1 is 1.24 bits per heavy atom. The number of rotatable bonds is 0. The molecule has 0 saturated carbocycles. The average Bonchev–Trinajstić information content (AvgIpc) is 3.34. The number of hydrogen-bond acceptors (Lipinski definition) is 8. The van der Waals surface area contributed by atoms with Crippen LogP contribution in [0.1, 0.15) is 16.2 Å². The van der Waals surface area contributed by atoms with Gasteiger partial charge in [0.15, 0.2) is 5.69 Å². The van der Waals surface area contributed by atoms with Gasteiger partial charge in [0.2, 0.25) is 0 Å². The Bertz CT molecular complexity index is 1000. The third-order valence-electron chi connectivity index (χ3n) is 4.54. The molecule has 1 aliphatic heterocycles. The summed E-state index contributed by atoms with van der Waals surface area (Å²) >= 11 is 1.58. The maximum Gasteiger partial charge on any atom is 0.274 e. The molecule has 3 aromatic rings. The molecule has 4 heterocycles. The van der Waals surface area contributed by atoms with Crippen LogP contribution in [0.2, 0.25) is 0 Å². The van der Waals surface area contributed by atoms with E-state index in [4.69, 9.17) is 9.72 Å². The standard InChI is InChI=1S/C19H23N7O2S/c1-25-6-8-28-7-5-21-18(27)17-15(11-26(2)24-17)22-10-14-12-29-19(23-14)13-3-4-20-16(25)9-13/h3-4,9,11-12,22H,5-8,10H2,1-2H3,(H,21,27). The number of carbonyl (C=O) groups excluding carboxylic acids is 1. The zero-order valence-electron chi connectivity index (χ0n) is 16.4. The molecule has 0 aliphatic carbocycles. The van der Waals surface area contributed by atoms with Crippen molar-refractivity contribution in [2.75, 3.05) is 43.6 Å². The lowest BCUT2D eigenvalue weighted by atomic mass is 10.2. The van der Waals surface area contributed by atoms with E-state index in [1.807, 2.05) is 29.5 Å². The molecule has 9 nitrogen and oxygen atoms in total. The number of anilines is 2. The minimum absolute atomic E-state index is 0.229. The third-order valence-corrected chi connectivity index (χ3v) is 5.48. The Morgan fingerprint density at radius 3 is 3.03 bits per heavy atom. The summed E-state index contributed by atoms with van der Waals surface area (Å²) in [6.07, 6.45) is 3.60. The monoisotopic (exact) mass is 413 g/mol. The first-order valence-electron chi connectivity index (χ1n) is 9.35. The van der Waals surface area contributed by atoms with Gasteiger partial charge in [0.05, 0.1) is 31.1 Å². The van der Waals surface area contributed by atoms with E-state index < -0.39 is 0 Å². The number of ether oxygens (including phenoxy) is 1. The van der Waals surface area contributed by atoms with Crippen LogP contribution in [0.15, 0.2) is 29.9 Å². The first kappa shape index (κ1) is 19.3. The van der Waals surface area contributed by atoms with Gasteiger partial charge in [0, 0.05) is 50.5 Å². The highest BCUT2D eigenvalue weighted by atomic mass is 32.1. The van der Waals surface area contributed by atoms with Crippen LogP contribution in [0, 0.1) is 0 Å². The van der Waals surface area contributed by atoms with E-state index >= 15 is 0 Å². The topological polar surface area (TPSA) is 97.2 Å². The van der Waals surface area contributed by atoms with E-state index in [9.17, 15) is 4.79 Å². The average molecular weight is 414 g/mol. The van der Waals surface area contributed by atoms with Crippen LogP contribution < -0.4 is 15.5 Å². The quantitative estimate of drug-likeness (QED) is 0.579. The molecular formula is C19H23N7O2S. The van der Waals surface area contributed by atoms with E-state index in [0.29, 0.717) is 44.2 Å². The van der Waals surface area contributed by atoms with Gasteiger partial charge < -0.3 is 20.3 Å². The van der Waals surface area contributed by atoms with Crippen molar-refractivity contribution >= 4 is 28.7 Å². The summed E-state index contributed by atoms with van der Waals surface area (Å²) in [7, 11) is 3.77. The van der Waals surface area contributed by atoms with Crippen molar-refractivity contribution in [3.63, 3.8) is 0 Å². The summed E-state index contributed by atoms with van der Waals surface area (Å²) in [5.74, 6) is 0.642. The summed E-state index contributed by atoms with van der Waals surface area (Å²) in [5, 5.41) is 13.4. The second-order valence-corrected chi connectivity index (χ2v) is 7.61. The van der Waals surface area contributed by atoms with Gasteiger partial charge in [-0.3, -0.25) is 9.48 Å². The first-order valence-corrected chi connectivity index (χ1v) is 10.2. The number of amides is 1. The van der Waals surface area contributed by atoms with Crippen molar-refractivity contribution < 1.29 is 9.53 Å². The molecule has 3 aromatic heterocycles. The second kappa shape index (κ2) is 8.58. The molecule has 2 N–H and O–H groups in total. The summed E-state index contributed by atoms with van der Waals surface area (Å²) in [5.41, 5.74) is 2.97. The number of fused-ring (bicyclic) bond motifs is 6. The second-order valence-electron chi connectivity index (χ2n) is 6.76. The molecule has 0 spiro atoms.